The minimum absolute atomic E-state index is 0.0563. The lowest BCUT2D eigenvalue weighted by Crippen LogP contribution is -2.61. The van der Waals surface area contributed by atoms with Crippen LogP contribution in [0.3, 0.4) is 0 Å². The number of hydrogen-bond acceptors (Lipinski definition) is 7. The molecule has 0 aliphatic carbocycles. The SMILES string of the molecule is CCc1cc(Nc2nccn3c(-c4ccc(OC)c(F)c4F)cnc23)ccc1C(=O)NCC[N+](C)(CC1CNC1)CC1CNC1. The molecule has 0 radical (unpaired) electrons. The number of aromatic nitrogens is 3. The van der Waals surface area contributed by atoms with Gasteiger partial charge in [-0.15, -0.1) is 0 Å². The maximum atomic E-state index is 14.9. The zero-order valence-electron chi connectivity index (χ0n) is 26.0. The lowest BCUT2D eigenvalue weighted by atomic mass is 9.97. The predicted octanol–water partition coefficient (Wildman–Crippen LogP) is 3.60. The fourth-order valence-electron chi connectivity index (χ4n) is 6.41. The normalized spacial score (nSPS) is 15.5. The number of likely N-dealkylation sites (N-methyl/N-ethyl adjacent to an activating group) is 1. The molecule has 2 aliphatic rings. The van der Waals surface area contributed by atoms with E-state index < -0.39 is 11.6 Å². The predicted molar refractivity (Wildman–Crippen MR) is 170 cm³/mol. The van der Waals surface area contributed by atoms with Crippen molar-refractivity contribution >= 4 is 23.1 Å². The molecule has 10 nitrogen and oxygen atoms in total. The molecule has 2 fully saturated rings. The summed E-state index contributed by atoms with van der Waals surface area (Å²) >= 11 is 0. The lowest BCUT2D eigenvalue weighted by molar-refractivity contribution is -0.915. The van der Waals surface area contributed by atoms with Crippen LogP contribution in [-0.2, 0) is 6.42 Å². The Hall–Kier alpha value is -4.13. The van der Waals surface area contributed by atoms with Crippen molar-refractivity contribution < 1.29 is 22.8 Å². The molecular formula is C33H41F2N8O2+. The fourth-order valence-corrected chi connectivity index (χ4v) is 6.41. The first-order valence-corrected chi connectivity index (χ1v) is 15.6. The van der Waals surface area contributed by atoms with Crippen LogP contribution >= 0.6 is 0 Å². The van der Waals surface area contributed by atoms with Gasteiger partial charge in [-0.2, -0.15) is 4.39 Å². The van der Waals surface area contributed by atoms with Crippen LogP contribution in [-0.4, -0.2) is 91.3 Å². The number of nitrogens with one attached hydrogen (secondary N) is 4. The number of fused-ring (bicyclic) bond motifs is 1. The van der Waals surface area contributed by atoms with Crippen LogP contribution in [0.1, 0.15) is 22.8 Å². The van der Waals surface area contributed by atoms with Crippen LogP contribution in [0.25, 0.3) is 16.9 Å². The molecule has 4 N–H and O–H groups in total. The van der Waals surface area contributed by atoms with E-state index in [4.69, 9.17) is 4.74 Å². The monoisotopic (exact) mass is 619 g/mol. The molecule has 0 unspecified atom stereocenters. The highest BCUT2D eigenvalue weighted by Gasteiger charge is 2.34. The molecule has 0 saturated carbocycles. The highest BCUT2D eigenvalue weighted by molar-refractivity contribution is 5.96. The Kier molecular flexibility index (Phi) is 8.97. The Bertz CT molecular complexity index is 1670. The van der Waals surface area contributed by atoms with E-state index in [1.54, 1.807) is 16.8 Å². The minimum Gasteiger partial charge on any atom is -0.494 e. The Morgan fingerprint density at radius 2 is 1.80 bits per heavy atom. The van der Waals surface area contributed by atoms with Crippen molar-refractivity contribution in [3.63, 3.8) is 0 Å². The molecule has 12 heteroatoms. The van der Waals surface area contributed by atoms with Crippen molar-refractivity contribution in [2.24, 2.45) is 11.8 Å². The van der Waals surface area contributed by atoms with Crippen LogP contribution in [0.4, 0.5) is 20.3 Å². The lowest BCUT2D eigenvalue weighted by Gasteiger charge is -2.44. The third kappa shape index (κ3) is 6.49. The molecule has 6 rings (SSSR count). The summed E-state index contributed by atoms with van der Waals surface area (Å²) in [5.41, 5.74) is 3.17. The Morgan fingerprint density at radius 3 is 2.44 bits per heavy atom. The number of quaternary nitrogens is 1. The van der Waals surface area contributed by atoms with Gasteiger partial charge in [0.2, 0.25) is 5.82 Å². The molecule has 0 spiro atoms. The molecule has 2 saturated heterocycles. The van der Waals surface area contributed by atoms with Crippen molar-refractivity contribution in [3.05, 3.63) is 71.7 Å². The third-order valence-corrected chi connectivity index (χ3v) is 9.03. The second-order valence-corrected chi connectivity index (χ2v) is 12.4. The van der Waals surface area contributed by atoms with E-state index in [0.717, 1.165) is 61.5 Å². The van der Waals surface area contributed by atoms with E-state index in [-0.39, 0.29) is 17.2 Å². The first-order valence-electron chi connectivity index (χ1n) is 15.6. The van der Waals surface area contributed by atoms with Gasteiger partial charge >= 0.3 is 0 Å². The summed E-state index contributed by atoms with van der Waals surface area (Å²) in [5, 5.41) is 13.2. The van der Waals surface area contributed by atoms with Gasteiger partial charge in [-0.1, -0.05) is 6.92 Å². The zero-order valence-corrected chi connectivity index (χ0v) is 26.0. The van der Waals surface area contributed by atoms with E-state index in [9.17, 15) is 13.6 Å². The number of carbonyl (C=O) groups excluding carboxylic acids is 1. The highest BCUT2D eigenvalue weighted by atomic mass is 19.2. The number of hydrogen-bond donors (Lipinski definition) is 4. The van der Waals surface area contributed by atoms with Crippen molar-refractivity contribution in [2.75, 3.05) is 71.8 Å². The molecule has 0 atom stereocenters. The maximum absolute atomic E-state index is 14.9. The molecule has 2 aromatic carbocycles. The summed E-state index contributed by atoms with van der Waals surface area (Å²) in [6, 6.07) is 8.46. The quantitative estimate of drug-likeness (QED) is 0.170. The molecule has 4 aromatic rings. The van der Waals surface area contributed by atoms with Gasteiger partial charge in [0.15, 0.2) is 23.0 Å². The first-order chi connectivity index (χ1) is 21.8. The van der Waals surface area contributed by atoms with Crippen molar-refractivity contribution in [1.82, 2.24) is 30.3 Å². The second-order valence-electron chi connectivity index (χ2n) is 12.4. The third-order valence-electron chi connectivity index (χ3n) is 9.03. The molecule has 2 aromatic heterocycles. The summed E-state index contributed by atoms with van der Waals surface area (Å²) in [5.74, 6) is -0.473. The topological polar surface area (TPSA) is 105 Å². The summed E-state index contributed by atoms with van der Waals surface area (Å²) in [6.07, 6.45) is 5.36. The molecule has 2 aliphatic heterocycles. The molecule has 1 amide bonds. The summed E-state index contributed by atoms with van der Waals surface area (Å²) < 4.78 is 36.8. The average Bonchev–Trinajstić information content (AvgIpc) is 3.43. The summed E-state index contributed by atoms with van der Waals surface area (Å²) in [6.45, 7) is 10.1. The van der Waals surface area contributed by atoms with E-state index in [1.165, 1.54) is 25.4 Å². The fraction of sp³-hybridized carbons (Fsp3) is 0.424. The van der Waals surface area contributed by atoms with E-state index >= 15 is 0 Å². The van der Waals surface area contributed by atoms with Gasteiger partial charge in [0.1, 0.15) is 0 Å². The van der Waals surface area contributed by atoms with Gasteiger partial charge in [-0.05, 0) is 42.3 Å². The minimum atomic E-state index is -1.06. The number of aryl methyl sites for hydroxylation is 1. The van der Waals surface area contributed by atoms with Gasteiger partial charge in [-0.3, -0.25) is 9.20 Å². The molecule has 4 heterocycles. The van der Waals surface area contributed by atoms with Crippen LogP contribution in [0.15, 0.2) is 48.9 Å². The van der Waals surface area contributed by atoms with Gasteiger partial charge in [0, 0.05) is 67.2 Å². The van der Waals surface area contributed by atoms with Gasteiger partial charge in [0.05, 0.1) is 52.2 Å². The Morgan fingerprint density at radius 1 is 1.07 bits per heavy atom. The Balaban J connectivity index is 1.15. The van der Waals surface area contributed by atoms with Crippen LogP contribution in [0.5, 0.6) is 5.75 Å². The van der Waals surface area contributed by atoms with Crippen LogP contribution in [0.2, 0.25) is 0 Å². The van der Waals surface area contributed by atoms with E-state index in [1.807, 2.05) is 25.1 Å². The second kappa shape index (κ2) is 13.1. The Labute approximate surface area is 261 Å². The first kappa shape index (κ1) is 30.9. The van der Waals surface area contributed by atoms with Gasteiger partial charge < -0.3 is 30.5 Å². The number of anilines is 2. The van der Waals surface area contributed by atoms with Crippen LogP contribution < -0.4 is 26.0 Å². The number of ether oxygens (including phenoxy) is 1. The number of carbonyl (C=O) groups is 1. The maximum Gasteiger partial charge on any atom is 0.251 e. The van der Waals surface area contributed by atoms with Crippen LogP contribution in [0, 0.1) is 23.5 Å². The molecule has 45 heavy (non-hydrogen) atoms. The standard InChI is InChI=1S/C33H40F2N8O2/c1-4-23-13-24(5-6-25(23)33(44)39-10-12-43(2,19-21-14-36-15-21)20-22-16-37-17-22)41-31-32-40-18-27(42(32)11-9-38-31)26-7-8-28(45-3)30(35)29(26)34/h5-9,11,13,18,21-22,36-37H,4,10,12,14-17,19-20H2,1-3H3,(H-,38,39,41,44)/p+1. The zero-order chi connectivity index (χ0) is 31.6. The van der Waals surface area contributed by atoms with Gasteiger partial charge in [-0.25, -0.2) is 14.4 Å². The number of amides is 1. The van der Waals surface area contributed by atoms with E-state index in [2.05, 4.69) is 38.3 Å². The number of halogens is 2. The van der Waals surface area contributed by atoms with Gasteiger partial charge in [0.25, 0.3) is 5.91 Å². The number of rotatable bonds is 13. The molecular weight excluding hydrogens is 578 g/mol. The van der Waals surface area contributed by atoms with Crippen molar-refractivity contribution in [2.45, 2.75) is 13.3 Å². The highest BCUT2D eigenvalue weighted by Crippen LogP contribution is 2.32. The number of benzene rings is 2. The summed E-state index contributed by atoms with van der Waals surface area (Å²) in [7, 11) is 3.61. The smallest absolute Gasteiger partial charge is 0.251 e. The van der Waals surface area contributed by atoms with Crippen molar-refractivity contribution in [1.29, 1.82) is 0 Å². The molecule has 238 valence electrons. The average molecular weight is 620 g/mol. The number of nitrogens with zero attached hydrogens (tertiary/aromatic N) is 4. The van der Waals surface area contributed by atoms with Crippen molar-refractivity contribution in [3.8, 4) is 17.0 Å². The number of imidazole rings is 1. The largest absolute Gasteiger partial charge is 0.494 e. The molecule has 0 bridgehead atoms. The van der Waals surface area contributed by atoms with E-state index in [0.29, 0.717) is 47.5 Å². The number of methoxy groups -OCH3 is 1. The summed E-state index contributed by atoms with van der Waals surface area (Å²) in [4.78, 5) is 22.2.